The van der Waals surface area contributed by atoms with Gasteiger partial charge in [0.25, 0.3) is 0 Å². The maximum absolute atomic E-state index is 11.5. The molecule has 0 saturated carbocycles. The fraction of sp³-hybridized carbons (Fsp3) is 0. The van der Waals surface area contributed by atoms with E-state index in [1.807, 2.05) is 6.07 Å². The van der Waals surface area contributed by atoms with E-state index in [-0.39, 0.29) is 20.4 Å². The number of hydrogen-bond acceptors (Lipinski definition) is 3. The second-order valence-electron chi connectivity index (χ2n) is 2.95. The molecule has 4 nitrogen and oxygen atoms in total. The van der Waals surface area contributed by atoms with Gasteiger partial charge in [-0.1, -0.05) is 0 Å². The summed E-state index contributed by atoms with van der Waals surface area (Å²) in [4.78, 5) is 15.7. The molecule has 68 valence electrons. The Balaban J connectivity index is 2.71. The summed E-state index contributed by atoms with van der Waals surface area (Å²) in [6.07, 6.45) is 1.53. The summed E-state index contributed by atoms with van der Waals surface area (Å²) in [5.41, 5.74) is 2.53. The van der Waals surface area contributed by atoms with E-state index < -0.39 is 0 Å². The number of nitrogens with one attached hydrogen (secondary N) is 1. The minimum absolute atomic E-state index is 0.00685. The Kier molecular flexibility index (Phi) is 1.56. The number of nitrogens with zero attached hydrogens (tertiary/aromatic N) is 2. The molecule has 0 radical (unpaired) electrons. The molecule has 3 rings (SSSR count). The molecule has 2 heterocycles. The van der Waals surface area contributed by atoms with Crippen LogP contribution in [0.4, 0.5) is 0 Å². The van der Waals surface area contributed by atoms with Crippen molar-refractivity contribution in [3.05, 3.63) is 34.6 Å². The number of benzene rings is 1. The van der Waals surface area contributed by atoms with Crippen LogP contribution in [0.2, 0.25) is 0 Å². The first-order valence-electron chi connectivity index (χ1n) is 4.08. The van der Waals surface area contributed by atoms with Gasteiger partial charge in [-0.3, -0.25) is 0 Å². The van der Waals surface area contributed by atoms with Gasteiger partial charge < -0.3 is 0 Å². The summed E-state index contributed by atoms with van der Waals surface area (Å²) in [6, 6.07) is 5.16. The van der Waals surface area contributed by atoms with Crippen LogP contribution in [0.1, 0.15) is 0 Å². The second kappa shape index (κ2) is 2.77. The van der Waals surface area contributed by atoms with Crippen LogP contribution in [0.3, 0.4) is 0 Å². The summed E-state index contributed by atoms with van der Waals surface area (Å²) in [6.45, 7) is 0. The van der Waals surface area contributed by atoms with Gasteiger partial charge in [-0.2, -0.15) is 0 Å². The van der Waals surface area contributed by atoms with E-state index in [4.69, 9.17) is 0 Å². The number of pyridine rings is 1. The first-order valence-corrected chi connectivity index (χ1v) is 5.70. The molecular weight excluding hydrogens is 245 g/mol. The molecule has 0 aliphatic carbocycles. The van der Waals surface area contributed by atoms with Crippen LogP contribution < -0.4 is 5.43 Å². The first kappa shape index (κ1) is 7.91. The van der Waals surface area contributed by atoms with Crippen molar-refractivity contribution in [2.24, 2.45) is 0 Å². The van der Waals surface area contributed by atoms with Gasteiger partial charge in [-0.05, 0) is 0 Å². The third-order valence-electron chi connectivity index (χ3n) is 2.14. The van der Waals surface area contributed by atoms with Crippen LogP contribution in [0.15, 0.2) is 29.2 Å². The van der Waals surface area contributed by atoms with Crippen LogP contribution in [0.25, 0.3) is 21.9 Å². The Hall–Kier alpha value is -1.45. The zero-order valence-corrected chi connectivity index (χ0v) is 8.73. The molecule has 0 amide bonds. The molecule has 0 aliphatic rings. The predicted molar refractivity (Wildman–Crippen MR) is 54.6 cm³/mol. The number of hydrogen-bond donors (Lipinski definition) is 1. The Morgan fingerprint density at radius 3 is 3.07 bits per heavy atom. The monoisotopic (exact) mass is 251 g/mol. The quantitative estimate of drug-likeness (QED) is 0.592. The van der Waals surface area contributed by atoms with Crippen molar-refractivity contribution < 1.29 is 0 Å². The fourth-order valence-corrected chi connectivity index (χ4v) is 2.70. The van der Waals surface area contributed by atoms with Crippen molar-refractivity contribution >= 4 is 36.9 Å². The zero-order valence-electron chi connectivity index (χ0n) is 7.02. The molecule has 0 aliphatic heterocycles. The van der Waals surface area contributed by atoms with Gasteiger partial charge in [-0.15, -0.1) is 0 Å². The zero-order chi connectivity index (χ0) is 9.54. The third kappa shape index (κ3) is 0.967. The van der Waals surface area contributed by atoms with Crippen molar-refractivity contribution in [3.8, 4) is 0 Å². The van der Waals surface area contributed by atoms with Gasteiger partial charge in [0, 0.05) is 0 Å². The topological polar surface area (TPSA) is 58.6 Å². The van der Waals surface area contributed by atoms with Crippen LogP contribution in [0.5, 0.6) is 0 Å². The average Bonchev–Trinajstić information content (AvgIpc) is 2.66. The van der Waals surface area contributed by atoms with Crippen LogP contribution in [-0.2, 0) is 0 Å². The van der Waals surface area contributed by atoms with Crippen molar-refractivity contribution in [2.75, 3.05) is 0 Å². The molecule has 3 aromatic rings. The molecule has 1 aromatic carbocycles. The summed E-state index contributed by atoms with van der Waals surface area (Å²) in [5, 5.41) is 0.648. The summed E-state index contributed by atoms with van der Waals surface area (Å²) in [5.74, 6) is 0. The van der Waals surface area contributed by atoms with Crippen LogP contribution >= 0.6 is 0 Å². The molecule has 2 aromatic heterocycles. The van der Waals surface area contributed by atoms with E-state index >= 15 is 0 Å². The van der Waals surface area contributed by atoms with E-state index in [1.165, 1.54) is 12.3 Å². The van der Waals surface area contributed by atoms with Crippen LogP contribution in [-0.4, -0.2) is 27.9 Å². The average molecular weight is 250 g/mol. The van der Waals surface area contributed by atoms with Gasteiger partial charge in [0.1, 0.15) is 0 Å². The maximum atomic E-state index is 11.5. The molecule has 14 heavy (non-hydrogen) atoms. The van der Waals surface area contributed by atoms with Gasteiger partial charge in [-0.25, -0.2) is 0 Å². The Labute approximate surface area is 84.8 Å². The van der Waals surface area contributed by atoms with Gasteiger partial charge in [0.15, 0.2) is 0 Å². The standard InChI is InChI=1S/C9H5N3OSe/c13-7-3-4-10-8-5(7)1-2-6-9(8)12-14-11-6/h1-4,11H. The molecule has 1 N–H and O–H groups in total. The van der Waals surface area contributed by atoms with Crippen molar-refractivity contribution in [2.45, 2.75) is 0 Å². The molecular formula is C9H5N3OSe. The molecule has 0 spiro atoms. The SMILES string of the molecule is O=c1ccnc2c1ccc1[nH][se]nc12. The molecule has 0 atom stereocenters. The molecule has 0 fully saturated rings. The fourth-order valence-electron chi connectivity index (χ4n) is 1.47. The second-order valence-corrected chi connectivity index (χ2v) is 4.15. The van der Waals surface area contributed by atoms with Crippen molar-refractivity contribution in [1.29, 1.82) is 0 Å². The summed E-state index contributed by atoms with van der Waals surface area (Å²) in [7, 11) is 0. The van der Waals surface area contributed by atoms with Crippen molar-refractivity contribution in [3.63, 3.8) is 0 Å². The van der Waals surface area contributed by atoms with E-state index in [0.29, 0.717) is 10.9 Å². The normalized spacial score (nSPS) is 11.1. The van der Waals surface area contributed by atoms with Gasteiger partial charge in [0.05, 0.1) is 0 Å². The molecule has 0 saturated heterocycles. The molecule has 0 bridgehead atoms. The summed E-state index contributed by atoms with van der Waals surface area (Å²) >= 11 is 0.0528. The number of aromatic nitrogens is 3. The van der Waals surface area contributed by atoms with Gasteiger partial charge in [0.2, 0.25) is 0 Å². The Morgan fingerprint density at radius 2 is 2.14 bits per heavy atom. The Morgan fingerprint density at radius 1 is 1.21 bits per heavy atom. The summed E-state index contributed by atoms with van der Waals surface area (Å²) < 4.78 is 7.48. The van der Waals surface area contributed by atoms with E-state index in [9.17, 15) is 4.79 Å². The van der Waals surface area contributed by atoms with E-state index in [0.717, 1.165) is 11.0 Å². The number of H-pyrrole nitrogens is 1. The third-order valence-corrected chi connectivity index (χ3v) is 3.37. The first-order chi connectivity index (χ1) is 6.86. The Bertz CT molecular complexity index is 670. The number of aromatic amines is 1. The molecule has 0 unspecified atom stereocenters. The number of rotatable bonds is 0. The van der Waals surface area contributed by atoms with Crippen molar-refractivity contribution in [1.82, 2.24) is 12.9 Å². The number of fused-ring (bicyclic) bond motifs is 3. The van der Waals surface area contributed by atoms with Gasteiger partial charge >= 0.3 is 84.5 Å². The van der Waals surface area contributed by atoms with Crippen LogP contribution in [0, 0.1) is 0 Å². The van der Waals surface area contributed by atoms with E-state index in [1.54, 1.807) is 6.07 Å². The predicted octanol–water partition coefficient (Wildman–Crippen LogP) is 0.528. The molecule has 5 heteroatoms. The minimum atomic E-state index is 0.00685. The van der Waals surface area contributed by atoms with E-state index in [2.05, 4.69) is 12.9 Å².